The molecule has 2 heterocycles. The summed E-state index contributed by atoms with van der Waals surface area (Å²) in [4.78, 5) is 20.8. The monoisotopic (exact) mass is 281 g/mol. The lowest BCUT2D eigenvalue weighted by atomic mass is 10.2. The first-order chi connectivity index (χ1) is 8.99. The second-order valence-corrected chi connectivity index (χ2v) is 5.77. The number of hydrogen-bond donors (Lipinski definition) is 0. The average molecular weight is 282 g/mol. The summed E-state index contributed by atoms with van der Waals surface area (Å²) in [6.45, 7) is 3.56. The largest absolute Gasteiger partial charge is 0.334 e. The van der Waals surface area contributed by atoms with Crippen LogP contribution < -0.4 is 0 Å². The molecule has 0 spiro atoms. The third-order valence-corrected chi connectivity index (χ3v) is 3.75. The van der Waals surface area contributed by atoms with Crippen LogP contribution in [-0.2, 0) is 0 Å². The highest BCUT2D eigenvalue weighted by molar-refractivity contribution is 6.33. The molecule has 0 radical (unpaired) electrons. The summed E-state index contributed by atoms with van der Waals surface area (Å²) in [5.41, 5.74) is 1.34. The molecule has 1 fully saturated rings. The molecular formula is C14H20ClN3O. The van der Waals surface area contributed by atoms with Gasteiger partial charge in [-0.05, 0) is 39.9 Å². The molecule has 0 aliphatic carbocycles. The van der Waals surface area contributed by atoms with E-state index < -0.39 is 0 Å². The van der Waals surface area contributed by atoms with Crippen molar-refractivity contribution in [3.05, 3.63) is 28.5 Å². The summed E-state index contributed by atoms with van der Waals surface area (Å²) in [5.74, 6) is 0.00171. The zero-order valence-electron chi connectivity index (χ0n) is 11.7. The minimum Gasteiger partial charge on any atom is -0.334 e. The van der Waals surface area contributed by atoms with Crippen molar-refractivity contribution in [2.24, 2.45) is 0 Å². The summed E-state index contributed by atoms with van der Waals surface area (Å²) in [6, 6.07) is 2.02. The molecule has 1 amide bonds. The van der Waals surface area contributed by atoms with E-state index in [4.69, 9.17) is 11.6 Å². The maximum absolute atomic E-state index is 12.6. The number of aryl methyl sites for hydroxylation is 1. The fourth-order valence-corrected chi connectivity index (χ4v) is 2.84. The molecule has 5 heteroatoms. The van der Waals surface area contributed by atoms with Crippen LogP contribution in [0.5, 0.6) is 0 Å². The lowest BCUT2D eigenvalue weighted by molar-refractivity contribution is 0.0716. The molecule has 2 rings (SSSR count). The maximum Gasteiger partial charge on any atom is 0.257 e. The SMILES string of the molecule is Cc1cc(Cl)c(C(=O)N2CCCC2CN(C)C)cn1. The van der Waals surface area contributed by atoms with Crippen molar-refractivity contribution in [2.75, 3.05) is 27.2 Å². The van der Waals surface area contributed by atoms with Crippen molar-refractivity contribution in [1.82, 2.24) is 14.8 Å². The predicted molar refractivity (Wildman–Crippen MR) is 76.6 cm³/mol. The number of likely N-dealkylation sites (N-methyl/N-ethyl adjacent to an activating group) is 1. The predicted octanol–water partition coefficient (Wildman–Crippen LogP) is 2.21. The third-order valence-electron chi connectivity index (χ3n) is 3.43. The van der Waals surface area contributed by atoms with Crippen molar-refractivity contribution >= 4 is 17.5 Å². The van der Waals surface area contributed by atoms with Gasteiger partial charge >= 0.3 is 0 Å². The molecule has 104 valence electrons. The molecule has 4 nitrogen and oxygen atoms in total. The minimum atomic E-state index is 0.00171. The number of likely N-dealkylation sites (tertiary alicyclic amines) is 1. The number of aromatic nitrogens is 1. The first kappa shape index (κ1) is 14.3. The number of carbonyl (C=O) groups excluding carboxylic acids is 1. The van der Waals surface area contributed by atoms with Crippen LogP contribution in [0.4, 0.5) is 0 Å². The number of carbonyl (C=O) groups is 1. The summed E-state index contributed by atoms with van der Waals surface area (Å²) in [5, 5.41) is 0.494. The van der Waals surface area contributed by atoms with Crippen LogP contribution in [0.15, 0.2) is 12.3 Å². The van der Waals surface area contributed by atoms with Crippen LogP contribution in [0.25, 0.3) is 0 Å². The lowest BCUT2D eigenvalue weighted by Gasteiger charge is -2.27. The Bertz CT molecular complexity index is 476. The van der Waals surface area contributed by atoms with Crippen LogP contribution in [0.3, 0.4) is 0 Å². The van der Waals surface area contributed by atoms with Crippen molar-refractivity contribution < 1.29 is 4.79 Å². The van der Waals surface area contributed by atoms with E-state index in [0.717, 1.165) is 31.6 Å². The van der Waals surface area contributed by atoms with Crippen molar-refractivity contribution in [3.8, 4) is 0 Å². The Morgan fingerprint density at radius 3 is 2.95 bits per heavy atom. The van der Waals surface area contributed by atoms with Gasteiger partial charge in [0.05, 0.1) is 10.6 Å². The van der Waals surface area contributed by atoms with Crippen LogP contribution in [0.1, 0.15) is 28.9 Å². The molecule has 1 aromatic rings. The van der Waals surface area contributed by atoms with Gasteiger partial charge in [0.2, 0.25) is 0 Å². The summed E-state index contributed by atoms with van der Waals surface area (Å²) in [6.07, 6.45) is 3.70. The average Bonchev–Trinajstić information content (AvgIpc) is 2.75. The molecule has 1 aromatic heterocycles. The van der Waals surface area contributed by atoms with Gasteiger partial charge in [0.25, 0.3) is 5.91 Å². The number of amides is 1. The van der Waals surface area contributed by atoms with E-state index in [1.165, 1.54) is 0 Å². The first-order valence-electron chi connectivity index (χ1n) is 6.57. The summed E-state index contributed by atoms with van der Waals surface area (Å²) >= 11 is 6.16. The van der Waals surface area contributed by atoms with Gasteiger partial charge in [0, 0.05) is 31.0 Å². The Kier molecular flexibility index (Phi) is 4.42. The van der Waals surface area contributed by atoms with Crippen LogP contribution in [0.2, 0.25) is 5.02 Å². The zero-order valence-corrected chi connectivity index (χ0v) is 12.4. The van der Waals surface area contributed by atoms with Gasteiger partial charge in [-0.1, -0.05) is 11.6 Å². The van der Waals surface area contributed by atoms with E-state index in [-0.39, 0.29) is 11.9 Å². The fourth-order valence-electron chi connectivity index (χ4n) is 2.55. The van der Waals surface area contributed by atoms with Gasteiger partial charge in [-0.15, -0.1) is 0 Å². The molecular weight excluding hydrogens is 262 g/mol. The highest BCUT2D eigenvalue weighted by Gasteiger charge is 2.30. The van der Waals surface area contributed by atoms with Crippen LogP contribution in [0, 0.1) is 6.92 Å². The topological polar surface area (TPSA) is 36.4 Å². The molecule has 19 heavy (non-hydrogen) atoms. The smallest absolute Gasteiger partial charge is 0.257 e. The highest BCUT2D eigenvalue weighted by Crippen LogP contribution is 2.24. The Hall–Kier alpha value is -1.13. The Morgan fingerprint density at radius 2 is 2.32 bits per heavy atom. The molecule has 1 aliphatic heterocycles. The van der Waals surface area contributed by atoms with Gasteiger partial charge < -0.3 is 9.80 Å². The molecule has 1 unspecified atom stereocenters. The second-order valence-electron chi connectivity index (χ2n) is 5.36. The van der Waals surface area contributed by atoms with Gasteiger partial charge in [-0.25, -0.2) is 0 Å². The van der Waals surface area contributed by atoms with Crippen LogP contribution >= 0.6 is 11.6 Å². The number of halogens is 1. The molecule has 0 aromatic carbocycles. The van der Waals surface area contributed by atoms with Crippen molar-refractivity contribution in [3.63, 3.8) is 0 Å². The highest BCUT2D eigenvalue weighted by atomic mass is 35.5. The molecule has 1 aliphatic rings. The van der Waals surface area contributed by atoms with E-state index in [9.17, 15) is 4.79 Å². The van der Waals surface area contributed by atoms with Crippen LogP contribution in [-0.4, -0.2) is 53.9 Å². The number of nitrogens with zero attached hydrogens (tertiary/aromatic N) is 3. The second kappa shape index (κ2) is 5.88. The Balaban J connectivity index is 2.18. The van der Waals surface area contributed by atoms with E-state index in [2.05, 4.69) is 9.88 Å². The molecule has 0 saturated carbocycles. The summed E-state index contributed by atoms with van der Waals surface area (Å²) < 4.78 is 0. The molecule has 1 saturated heterocycles. The summed E-state index contributed by atoms with van der Waals surface area (Å²) in [7, 11) is 4.06. The van der Waals surface area contributed by atoms with Gasteiger partial charge in [-0.3, -0.25) is 9.78 Å². The van der Waals surface area contributed by atoms with Gasteiger partial charge in [0.1, 0.15) is 0 Å². The number of hydrogen-bond acceptors (Lipinski definition) is 3. The van der Waals surface area contributed by atoms with Crippen molar-refractivity contribution in [1.29, 1.82) is 0 Å². The maximum atomic E-state index is 12.6. The number of pyridine rings is 1. The van der Waals surface area contributed by atoms with Gasteiger partial charge in [0.15, 0.2) is 0 Å². The quantitative estimate of drug-likeness (QED) is 0.852. The Morgan fingerprint density at radius 1 is 1.58 bits per heavy atom. The normalized spacial score (nSPS) is 19.2. The third kappa shape index (κ3) is 3.25. The van der Waals surface area contributed by atoms with E-state index in [0.29, 0.717) is 10.6 Å². The Labute approximate surface area is 119 Å². The molecule has 1 atom stereocenters. The van der Waals surface area contributed by atoms with Gasteiger partial charge in [-0.2, -0.15) is 0 Å². The number of rotatable bonds is 3. The van der Waals surface area contributed by atoms with E-state index in [1.807, 2.05) is 25.9 Å². The minimum absolute atomic E-state index is 0.00171. The first-order valence-corrected chi connectivity index (χ1v) is 6.94. The van der Waals surface area contributed by atoms with E-state index >= 15 is 0 Å². The zero-order chi connectivity index (χ0) is 14.0. The van der Waals surface area contributed by atoms with E-state index in [1.54, 1.807) is 12.3 Å². The van der Waals surface area contributed by atoms with Crippen molar-refractivity contribution in [2.45, 2.75) is 25.8 Å². The lowest BCUT2D eigenvalue weighted by Crippen LogP contribution is -2.41. The standard InChI is InChI=1S/C14H20ClN3O/c1-10-7-13(15)12(8-16-10)14(19)18-6-4-5-11(18)9-17(2)3/h7-8,11H,4-6,9H2,1-3H3. The molecule has 0 N–H and O–H groups in total. The molecule has 0 bridgehead atoms. The fraction of sp³-hybridized carbons (Fsp3) is 0.571.